The van der Waals surface area contributed by atoms with E-state index in [0.29, 0.717) is 0 Å². The Morgan fingerprint density at radius 1 is 1.80 bits per heavy atom. The van der Waals surface area contributed by atoms with Gasteiger partial charge in [-0.15, -0.1) is 11.6 Å². The molecule has 0 amide bonds. The van der Waals surface area contributed by atoms with Crippen molar-refractivity contribution < 1.29 is 5.11 Å². The lowest BCUT2D eigenvalue weighted by molar-refractivity contribution is 0.334. The van der Waals surface area contributed by atoms with Crippen LogP contribution >= 0.6 is 27.5 Å². The van der Waals surface area contributed by atoms with Crippen LogP contribution in [0.25, 0.3) is 0 Å². The largest absolute Gasteiger partial charge is 0.392 e. The fourth-order valence-electron chi connectivity index (χ4n) is 0.749. The number of allylic oxidation sites excluding steroid dienone is 2. The summed E-state index contributed by atoms with van der Waals surface area (Å²) in [5.74, 6) is 0. The summed E-state index contributed by atoms with van der Waals surface area (Å²) in [6.07, 6.45) is 6.30. The van der Waals surface area contributed by atoms with E-state index in [4.69, 9.17) is 16.7 Å². The van der Waals surface area contributed by atoms with Gasteiger partial charge < -0.3 is 5.11 Å². The quantitative estimate of drug-likeness (QED) is 0.676. The summed E-state index contributed by atoms with van der Waals surface area (Å²) in [7, 11) is 0. The maximum absolute atomic E-state index is 8.68. The van der Waals surface area contributed by atoms with Crippen LogP contribution in [0.15, 0.2) is 23.8 Å². The monoisotopic (exact) mass is 222 g/mol. The fraction of sp³-hybridized carbons (Fsp3) is 0.429. The molecule has 3 heteroatoms. The van der Waals surface area contributed by atoms with Crippen LogP contribution in [0.5, 0.6) is 0 Å². The summed E-state index contributed by atoms with van der Waals surface area (Å²) in [5.41, 5.74) is 0.927. The number of halogens is 2. The predicted octanol–water partition coefficient (Wildman–Crippen LogP) is 2.20. The molecule has 0 aromatic rings. The van der Waals surface area contributed by atoms with Gasteiger partial charge in [0.05, 0.1) is 6.61 Å². The highest BCUT2D eigenvalue weighted by Gasteiger charge is 2.20. The van der Waals surface area contributed by atoms with Gasteiger partial charge in [-0.2, -0.15) is 0 Å². The lowest BCUT2D eigenvalue weighted by Crippen LogP contribution is -2.10. The third-order valence-electron chi connectivity index (χ3n) is 1.36. The maximum atomic E-state index is 8.68. The Bertz CT molecular complexity index is 184. The Morgan fingerprint density at radius 2 is 2.50 bits per heavy atom. The Balaban J connectivity index is 2.63. The van der Waals surface area contributed by atoms with Gasteiger partial charge in [-0.1, -0.05) is 34.2 Å². The Kier molecular flexibility index (Phi) is 2.55. The molecule has 0 heterocycles. The average molecular weight is 223 g/mol. The molecule has 1 nitrogen and oxygen atoms in total. The van der Waals surface area contributed by atoms with Crippen LogP contribution in [0.3, 0.4) is 0 Å². The molecule has 10 heavy (non-hydrogen) atoms. The van der Waals surface area contributed by atoms with Crippen molar-refractivity contribution >= 4 is 27.5 Å². The van der Waals surface area contributed by atoms with Crippen molar-refractivity contribution in [2.75, 3.05) is 6.61 Å². The molecule has 1 N–H and O–H groups in total. The van der Waals surface area contributed by atoms with Gasteiger partial charge in [0.2, 0.25) is 0 Å². The molecule has 0 aromatic carbocycles. The summed E-state index contributed by atoms with van der Waals surface area (Å²) in [6.45, 7) is 0.0937. The van der Waals surface area contributed by atoms with Gasteiger partial charge in [0.25, 0.3) is 0 Å². The summed E-state index contributed by atoms with van der Waals surface area (Å²) >= 11 is 9.20. The summed E-state index contributed by atoms with van der Waals surface area (Å²) in [4.78, 5) is 0. The van der Waals surface area contributed by atoms with Crippen LogP contribution in [-0.2, 0) is 0 Å². The van der Waals surface area contributed by atoms with Crippen molar-refractivity contribution in [2.45, 2.75) is 10.2 Å². The standard InChI is InChI=1S/C7H8BrClO/c8-7(9)3-1-6(5-10)2-4-7/h1-3,10H,4-5H2. The van der Waals surface area contributed by atoms with Crippen LogP contribution in [0.1, 0.15) is 6.42 Å². The highest BCUT2D eigenvalue weighted by atomic mass is 79.9. The molecular formula is C7H8BrClO. The zero-order valence-electron chi connectivity index (χ0n) is 5.35. The molecule has 0 spiro atoms. The first-order valence-electron chi connectivity index (χ1n) is 3.01. The molecular weight excluding hydrogens is 215 g/mol. The third kappa shape index (κ3) is 2.11. The fourth-order valence-corrected chi connectivity index (χ4v) is 1.18. The molecule has 1 unspecified atom stereocenters. The van der Waals surface area contributed by atoms with Crippen molar-refractivity contribution in [1.29, 1.82) is 0 Å². The second kappa shape index (κ2) is 3.07. The van der Waals surface area contributed by atoms with Crippen molar-refractivity contribution in [3.05, 3.63) is 23.8 Å². The van der Waals surface area contributed by atoms with Crippen LogP contribution in [0.4, 0.5) is 0 Å². The van der Waals surface area contributed by atoms with E-state index >= 15 is 0 Å². The van der Waals surface area contributed by atoms with E-state index in [-0.39, 0.29) is 6.61 Å². The van der Waals surface area contributed by atoms with Gasteiger partial charge in [0, 0.05) is 0 Å². The molecule has 0 aliphatic heterocycles. The van der Waals surface area contributed by atoms with Crippen LogP contribution in [0.2, 0.25) is 0 Å². The predicted molar refractivity (Wildman–Crippen MR) is 46.4 cm³/mol. The van der Waals surface area contributed by atoms with E-state index in [1.165, 1.54) is 0 Å². The number of rotatable bonds is 1. The minimum Gasteiger partial charge on any atom is -0.392 e. The van der Waals surface area contributed by atoms with Crippen LogP contribution in [-0.4, -0.2) is 15.5 Å². The van der Waals surface area contributed by atoms with Gasteiger partial charge in [-0.3, -0.25) is 0 Å². The normalized spacial score (nSPS) is 32.1. The molecule has 56 valence electrons. The highest BCUT2D eigenvalue weighted by molar-refractivity contribution is 9.10. The molecule has 0 fully saturated rings. The summed E-state index contributed by atoms with van der Waals surface area (Å²) in [5, 5.41) is 8.68. The van der Waals surface area contributed by atoms with Gasteiger partial charge in [0.1, 0.15) is 3.78 Å². The number of aliphatic hydroxyl groups excluding tert-OH is 1. The first-order chi connectivity index (χ1) is 4.64. The molecule has 1 atom stereocenters. The maximum Gasteiger partial charge on any atom is 0.121 e. The number of hydrogen-bond acceptors (Lipinski definition) is 1. The smallest absolute Gasteiger partial charge is 0.121 e. The minimum absolute atomic E-state index is 0.0937. The summed E-state index contributed by atoms with van der Waals surface area (Å²) < 4.78 is -0.425. The van der Waals surface area contributed by atoms with Crippen molar-refractivity contribution in [3.8, 4) is 0 Å². The number of aliphatic hydroxyl groups is 1. The van der Waals surface area contributed by atoms with Gasteiger partial charge >= 0.3 is 0 Å². The van der Waals surface area contributed by atoms with Crippen molar-refractivity contribution in [2.24, 2.45) is 0 Å². The van der Waals surface area contributed by atoms with Crippen LogP contribution in [0, 0.1) is 0 Å². The first-order valence-corrected chi connectivity index (χ1v) is 4.18. The van der Waals surface area contributed by atoms with E-state index in [1.807, 2.05) is 18.2 Å². The third-order valence-corrected chi connectivity index (χ3v) is 2.23. The lowest BCUT2D eigenvalue weighted by atomic mass is 10.1. The summed E-state index contributed by atoms with van der Waals surface area (Å²) in [6, 6.07) is 0. The molecule has 0 bridgehead atoms. The van der Waals surface area contributed by atoms with E-state index < -0.39 is 3.78 Å². The Labute approximate surface area is 73.5 Å². The van der Waals surface area contributed by atoms with Crippen LogP contribution < -0.4 is 0 Å². The minimum atomic E-state index is -0.425. The van der Waals surface area contributed by atoms with E-state index in [2.05, 4.69) is 15.9 Å². The molecule has 1 rings (SSSR count). The topological polar surface area (TPSA) is 20.2 Å². The van der Waals surface area contributed by atoms with Gasteiger partial charge in [-0.25, -0.2) is 0 Å². The molecule has 0 aromatic heterocycles. The zero-order valence-corrected chi connectivity index (χ0v) is 7.69. The van der Waals surface area contributed by atoms with Crippen molar-refractivity contribution in [3.63, 3.8) is 0 Å². The number of hydrogen-bond donors (Lipinski definition) is 1. The lowest BCUT2D eigenvalue weighted by Gasteiger charge is -2.17. The second-order valence-electron chi connectivity index (χ2n) is 2.24. The van der Waals surface area contributed by atoms with Gasteiger partial charge in [-0.05, 0) is 12.0 Å². The zero-order chi connectivity index (χ0) is 7.61. The molecule has 0 radical (unpaired) electrons. The van der Waals surface area contributed by atoms with Crippen molar-refractivity contribution in [1.82, 2.24) is 0 Å². The van der Waals surface area contributed by atoms with E-state index in [9.17, 15) is 0 Å². The SMILES string of the molecule is OCC1=CCC(Cl)(Br)C=C1. The molecule has 1 aliphatic carbocycles. The molecule has 0 saturated carbocycles. The van der Waals surface area contributed by atoms with Gasteiger partial charge in [0.15, 0.2) is 0 Å². The number of alkyl halides is 2. The highest BCUT2D eigenvalue weighted by Crippen LogP contribution is 2.33. The van der Waals surface area contributed by atoms with E-state index in [0.717, 1.165) is 12.0 Å². The Hall–Kier alpha value is 0.210. The molecule has 1 aliphatic rings. The Morgan fingerprint density at radius 3 is 2.90 bits per heavy atom. The first kappa shape index (κ1) is 8.31. The molecule has 0 saturated heterocycles. The second-order valence-corrected chi connectivity index (χ2v) is 4.78. The average Bonchev–Trinajstić information content (AvgIpc) is 1.88. The van der Waals surface area contributed by atoms with E-state index in [1.54, 1.807) is 0 Å².